The molecule has 0 amide bonds. The van der Waals surface area contributed by atoms with E-state index in [1.165, 1.54) is 34.1 Å². The third-order valence-corrected chi connectivity index (χ3v) is 6.72. The molecule has 1 aliphatic heterocycles. The molecule has 1 heterocycles. The van der Waals surface area contributed by atoms with E-state index in [0.29, 0.717) is 26.2 Å². The molecule has 7 nitrogen and oxygen atoms in total. The van der Waals surface area contributed by atoms with E-state index >= 15 is 0 Å². The predicted molar refractivity (Wildman–Crippen MR) is 101 cm³/mol. The Kier molecular flexibility index (Phi) is 5.71. The summed E-state index contributed by atoms with van der Waals surface area (Å²) in [5.41, 5.74) is 1.05. The number of non-ortho nitro benzene ring substituents is 1. The molecular formula is C17H18BrN3O4S. The van der Waals surface area contributed by atoms with E-state index in [-0.39, 0.29) is 10.6 Å². The van der Waals surface area contributed by atoms with Gasteiger partial charge in [0.2, 0.25) is 10.0 Å². The van der Waals surface area contributed by atoms with Gasteiger partial charge in [-0.05, 0) is 29.8 Å². The molecule has 0 aromatic heterocycles. The number of nitrogens with zero attached hydrogens (tertiary/aromatic N) is 3. The fourth-order valence-corrected chi connectivity index (χ4v) is 4.78. The van der Waals surface area contributed by atoms with Crippen molar-refractivity contribution in [2.45, 2.75) is 11.4 Å². The SMILES string of the molecule is O=[N+]([O-])c1ccc(S(=O)(=O)N2CCN(Cc3cccc(Br)c3)CC2)cc1. The van der Waals surface area contributed by atoms with Crippen LogP contribution >= 0.6 is 15.9 Å². The van der Waals surface area contributed by atoms with E-state index in [1.807, 2.05) is 18.2 Å². The van der Waals surface area contributed by atoms with Gasteiger partial charge in [-0.2, -0.15) is 4.31 Å². The molecule has 0 radical (unpaired) electrons. The average molecular weight is 440 g/mol. The third kappa shape index (κ3) is 4.29. The highest BCUT2D eigenvalue weighted by molar-refractivity contribution is 9.10. The Morgan fingerprint density at radius 3 is 2.27 bits per heavy atom. The Labute approximate surface area is 160 Å². The molecular weight excluding hydrogens is 422 g/mol. The zero-order valence-corrected chi connectivity index (χ0v) is 16.3. The predicted octanol–water partition coefficient (Wildman–Crippen LogP) is 2.86. The molecule has 0 saturated carbocycles. The molecule has 138 valence electrons. The maximum absolute atomic E-state index is 12.7. The van der Waals surface area contributed by atoms with Crippen LogP contribution in [0.3, 0.4) is 0 Å². The van der Waals surface area contributed by atoms with Gasteiger partial charge in [0.05, 0.1) is 9.82 Å². The third-order valence-electron chi connectivity index (χ3n) is 4.31. The highest BCUT2D eigenvalue weighted by atomic mass is 79.9. The zero-order valence-electron chi connectivity index (χ0n) is 13.9. The minimum Gasteiger partial charge on any atom is -0.296 e. The maximum Gasteiger partial charge on any atom is 0.269 e. The first-order valence-corrected chi connectivity index (χ1v) is 10.3. The molecule has 0 bridgehead atoms. The number of benzene rings is 2. The minimum atomic E-state index is -3.63. The van der Waals surface area contributed by atoms with Crippen LogP contribution in [0.25, 0.3) is 0 Å². The van der Waals surface area contributed by atoms with Crippen molar-refractivity contribution in [3.63, 3.8) is 0 Å². The van der Waals surface area contributed by atoms with Crippen LogP contribution in [0.2, 0.25) is 0 Å². The normalized spacial score (nSPS) is 16.5. The summed E-state index contributed by atoms with van der Waals surface area (Å²) in [4.78, 5) is 12.5. The van der Waals surface area contributed by atoms with Crippen LogP contribution in [0.15, 0.2) is 57.9 Å². The van der Waals surface area contributed by atoms with Crippen LogP contribution in [0.1, 0.15) is 5.56 Å². The lowest BCUT2D eigenvalue weighted by Crippen LogP contribution is -2.48. The Morgan fingerprint density at radius 1 is 1.04 bits per heavy atom. The molecule has 2 aromatic rings. The fraction of sp³-hybridized carbons (Fsp3) is 0.294. The molecule has 0 atom stereocenters. The van der Waals surface area contributed by atoms with Crippen molar-refractivity contribution < 1.29 is 13.3 Å². The van der Waals surface area contributed by atoms with Crippen molar-refractivity contribution in [3.05, 3.63) is 68.7 Å². The molecule has 26 heavy (non-hydrogen) atoms. The van der Waals surface area contributed by atoms with Gasteiger partial charge in [-0.15, -0.1) is 0 Å². The summed E-state index contributed by atoms with van der Waals surface area (Å²) in [6.45, 7) is 2.84. The second kappa shape index (κ2) is 7.83. The van der Waals surface area contributed by atoms with Gasteiger partial charge in [-0.1, -0.05) is 28.1 Å². The van der Waals surface area contributed by atoms with E-state index < -0.39 is 14.9 Å². The molecule has 1 saturated heterocycles. The second-order valence-electron chi connectivity index (χ2n) is 6.06. The van der Waals surface area contributed by atoms with E-state index in [9.17, 15) is 18.5 Å². The fourth-order valence-electron chi connectivity index (χ4n) is 2.91. The molecule has 0 spiro atoms. The van der Waals surface area contributed by atoms with Gasteiger partial charge in [-0.25, -0.2) is 8.42 Å². The van der Waals surface area contributed by atoms with Crippen molar-refractivity contribution in [2.75, 3.05) is 26.2 Å². The molecule has 2 aromatic carbocycles. The van der Waals surface area contributed by atoms with Crippen LogP contribution in [0.5, 0.6) is 0 Å². The Morgan fingerprint density at radius 2 is 1.69 bits per heavy atom. The van der Waals surface area contributed by atoms with Crippen molar-refractivity contribution in [1.82, 2.24) is 9.21 Å². The van der Waals surface area contributed by atoms with Crippen LogP contribution in [-0.2, 0) is 16.6 Å². The number of sulfonamides is 1. The molecule has 9 heteroatoms. The second-order valence-corrected chi connectivity index (χ2v) is 8.91. The van der Waals surface area contributed by atoms with Crippen LogP contribution in [0.4, 0.5) is 5.69 Å². The summed E-state index contributed by atoms with van der Waals surface area (Å²) in [5, 5.41) is 10.7. The Balaban J connectivity index is 1.64. The summed E-state index contributed by atoms with van der Waals surface area (Å²) in [5.74, 6) is 0. The lowest BCUT2D eigenvalue weighted by Gasteiger charge is -2.34. The number of rotatable bonds is 5. The van der Waals surface area contributed by atoms with E-state index in [2.05, 4.69) is 26.9 Å². The van der Waals surface area contributed by atoms with Gasteiger partial charge >= 0.3 is 0 Å². The van der Waals surface area contributed by atoms with Gasteiger partial charge in [0.15, 0.2) is 0 Å². The van der Waals surface area contributed by atoms with Gasteiger partial charge < -0.3 is 0 Å². The van der Waals surface area contributed by atoms with E-state index in [4.69, 9.17) is 0 Å². The highest BCUT2D eigenvalue weighted by Crippen LogP contribution is 2.21. The van der Waals surface area contributed by atoms with Crippen LogP contribution in [-0.4, -0.2) is 48.7 Å². The maximum atomic E-state index is 12.7. The summed E-state index contributed by atoms with van der Waals surface area (Å²) < 4.78 is 27.9. The molecule has 1 fully saturated rings. The van der Waals surface area contributed by atoms with Gasteiger partial charge in [-0.3, -0.25) is 15.0 Å². The lowest BCUT2D eigenvalue weighted by molar-refractivity contribution is -0.384. The Bertz CT molecular complexity index is 894. The summed E-state index contributed by atoms with van der Waals surface area (Å²) >= 11 is 3.45. The number of hydrogen-bond acceptors (Lipinski definition) is 5. The average Bonchev–Trinajstić information content (AvgIpc) is 2.62. The zero-order chi connectivity index (χ0) is 18.7. The number of halogens is 1. The number of nitro groups is 1. The largest absolute Gasteiger partial charge is 0.296 e. The van der Waals surface area contributed by atoms with E-state index in [1.54, 1.807) is 0 Å². The minimum absolute atomic E-state index is 0.0866. The first-order valence-electron chi connectivity index (χ1n) is 8.08. The summed E-state index contributed by atoms with van der Waals surface area (Å²) in [7, 11) is -3.63. The molecule has 0 N–H and O–H groups in total. The topological polar surface area (TPSA) is 83.8 Å². The van der Waals surface area contributed by atoms with Crippen LogP contribution in [0, 0.1) is 10.1 Å². The van der Waals surface area contributed by atoms with Gasteiger partial charge in [0.25, 0.3) is 5.69 Å². The smallest absolute Gasteiger partial charge is 0.269 e. The Hall–Kier alpha value is -1.81. The number of nitro benzene ring substituents is 1. The number of piperazine rings is 1. The van der Waals surface area contributed by atoms with Crippen molar-refractivity contribution in [3.8, 4) is 0 Å². The first kappa shape index (κ1) is 19.0. The van der Waals surface area contributed by atoms with Gasteiger partial charge in [0.1, 0.15) is 0 Å². The molecule has 3 rings (SSSR count). The molecule has 0 aliphatic carbocycles. The monoisotopic (exact) mass is 439 g/mol. The summed E-state index contributed by atoms with van der Waals surface area (Å²) in [6, 6.07) is 13.1. The standard InChI is InChI=1S/C17H18BrN3O4S/c18-15-3-1-2-14(12-15)13-19-8-10-20(11-9-19)26(24,25)17-6-4-16(5-7-17)21(22)23/h1-7,12H,8-11,13H2. The highest BCUT2D eigenvalue weighted by Gasteiger charge is 2.28. The van der Waals surface area contributed by atoms with Crippen molar-refractivity contribution in [1.29, 1.82) is 0 Å². The van der Waals surface area contributed by atoms with Crippen LogP contribution < -0.4 is 0 Å². The van der Waals surface area contributed by atoms with Crippen molar-refractivity contribution >= 4 is 31.6 Å². The van der Waals surface area contributed by atoms with Gasteiger partial charge in [0, 0.05) is 49.3 Å². The number of hydrogen-bond donors (Lipinski definition) is 0. The summed E-state index contributed by atoms with van der Waals surface area (Å²) in [6.07, 6.45) is 0. The van der Waals surface area contributed by atoms with Crippen molar-refractivity contribution in [2.24, 2.45) is 0 Å². The first-order chi connectivity index (χ1) is 12.4. The van der Waals surface area contributed by atoms with E-state index in [0.717, 1.165) is 11.0 Å². The molecule has 1 aliphatic rings. The lowest BCUT2D eigenvalue weighted by atomic mass is 10.2. The molecule has 0 unspecified atom stereocenters. The quantitative estimate of drug-likeness (QED) is 0.528.